The molecule has 2 aliphatic heterocycles. The van der Waals surface area contributed by atoms with Crippen molar-refractivity contribution >= 4 is 5.82 Å². The Labute approximate surface area is 188 Å². The number of benzene rings is 2. The van der Waals surface area contributed by atoms with Gasteiger partial charge in [0, 0.05) is 13.1 Å². The summed E-state index contributed by atoms with van der Waals surface area (Å²) >= 11 is 0. The van der Waals surface area contributed by atoms with E-state index in [1.165, 1.54) is 4.57 Å². The van der Waals surface area contributed by atoms with E-state index in [4.69, 9.17) is 14.2 Å². The van der Waals surface area contributed by atoms with Crippen LogP contribution in [0.2, 0.25) is 0 Å². The maximum atomic E-state index is 14.5. The predicted octanol–water partition coefficient (Wildman–Crippen LogP) is 4.12. The van der Waals surface area contributed by atoms with Crippen molar-refractivity contribution in [1.82, 2.24) is 9.55 Å². The van der Waals surface area contributed by atoms with Crippen molar-refractivity contribution in [3.8, 4) is 23.1 Å². The van der Waals surface area contributed by atoms with E-state index in [1.54, 1.807) is 0 Å². The molecule has 0 aliphatic carbocycles. The zero-order valence-corrected chi connectivity index (χ0v) is 17.4. The normalized spacial score (nSPS) is 14.6. The minimum absolute atomic E-state index is 0.0752. The van der Waals surface area contributed by atoms with Crippen molar-refractivity contribution in [2.24, 2.45) is 0 Å². The topological polar surface area (TPSA) is 65.8 Å². The number of alkyl halides is 3. The fourth-order valence-electron chi connectivity index (χ4n) is 3.82. The van der Waals surface area contributed by atoms with Gasteiger partial charge >= 0.3 is 11.9 Å². The summed E-state index contributed by atoms with van der Waals surface area (Å²) in [7, 11) is 0. The fourth-order valence-corrected chi connectivity index (χ4v) is 3.82. The second kappa shape index (κ2) is 8.19. The van der Waals surface area contributed by atoms with Crippen LogP contribution in [0.4, 0.5) is 27.8 Å². The summed E-state index contributed by atoms with van der Waals surface area (Å²) in [4.78, 5) is 18.1. The number of nitrogens with zero attached hydrogens (tertiary/aromatic N) is 3. The summed E-state index contributed by atoms with van der Waals surface area (Å²) in [5.41, 5.74) is -1.35. The van der Waals surface area contributed by atoms with Crippen LogP contribution in [0.1, 0.15) is 11.1 Å². The highest BCUT2D eigenvalue weighted by Gasteiger charge is 2.32. The molecule has 0 fully saturated rings. The lowest BCUT2D eigenvalue weighted by Gasteiger charge is -2.27. The second-order valence-electron chi connectivity index (χ2n) is 7.64. The zero-order valence-electron chi connectivity index (χ0n) is 17.4. The number of aromatic nitrogens is 2. The van der Waals surface area contributed by atoms with Gasteiger partial charge in [-0.2, -0.15) is 18.2 Å². The van der Waals surface area contributed by atoms with Crippen LogP contribution in [0, 0.1) is 11.6 Å². The largest absolute Gasteiger partial charge is 0.483 e. The third-order valence-electron chi connectivity index (χ3n) is 5.42. The monoisotopic (exact) mass is 481 g/mol. The molecule has 34 heavy (non-hydrogen) atoms. The highest BCUT2D eigenvalue weighted by atomic mass is 19.4. The summed E-state index contributed by atoms with van der Waals surface area (Å²) < 4.78 is 84.8. The van der Waals surface area contributed by atoms with E-state index in [0.29, 0.717) is 37.8 Å². The molecule has 0 radical (unpaired) electrons. The molecule has 0 saturated heterocycles. The number of hydrogen-bond donors (Lipinski definition) is 0. The summed E-state index contributed by atoms with van der Waals surface area (Å²) in [6, 6.07) is 5.34. The average molecular weight is 481 g/mol. The number of ether oxygens (including phenoxy) is 3. The molecule has 1 aromatic heterocycles. The molecule has 0 saturated carbocycles. The quantitative estimate of drug-likeness (QED) is 0.511. The van der Waals surface area contributed by atoms with E-state index in [-0.39, 0.29) is 23.8 Å². The lowest BCUT2D eigenvalue weighted by atomic mass is 10.2. The zero-order chi connectivity index (χ0) is 24.0. The minimum atomic E-state index is -4.54. The van der Waals surface area contributed by atoms with Crippen molar-refractivity contribution in [3.05, 3.63) is 69.6 Å². The van der Waals surface area contributed by atoms with Gasteiger partial charge in [0.05, 0.1) is 12.1 Å². The molecule has 3 aromatic rings. The molecule has 2 aromatic carbocycles. The van der Waals surface area contributed by atoms with Gasteiger partial charge in [0.1, 0.15) is 19.0 Å². The third kappa shape index (κ3) is 3.99. The molecule has 0 amide bonds. The Hall–Kier alpha value is -3.83. The van der Waals surface area contributed by atoms with Crippen LogP contribution < -0.4 is 24.8 Å². The molecule has 5 rings (SSSR count). The van der Waals surface area contributed by atoms with E-state index in [9.17, 15) is 26.7 Å². The van der Waals surface area contributed by atoms with Crippen molar-refractivity contribution in [3.63, 3.8) is 0 Å². The van der Waals surface area contributed by atoms with Gasteiger partial charge in [-0.3, -0.25) is 4.57 Å². The maximum absolute atomic E-state index is 14.5. The van der Waals surface area contributed by atoms with Crippen LogP contribution >= 0.6 is 0 Å². The van der Waals surface area contributed by atoms with Crippen LogP contribution in [0.3, 0.4) is 0 Å². The number of rotatable bonds is 5. The predicted molar refractivity (Wildman–Crippen MR) is 108 cm³/mol. The number of halogens is 5. The van der Waals surface area contributed by atoms with Crippen molar-refractivity contribution in [1.29, 1.82) is 0 Å². The first-order chi connectivity index (χ1) is 16.2. The molecule has 12 heteroatoms. The Bertz CT molecular complexity index is 1280. The van der Waals surface area contributed by atoms with Gasteiger partial charge in [0.25, 0.3) is 5.88 Å². The molecule has 0 bridgehead atoms. The lowest BCUT2D eigenvalue weighted by molar-refractivity contribution is -0.137. The average Bonchev–Trinajstić information content (AvgIpc) is 3.23. The van der Waals surface area contributed by atoms with Gasteiger partial charge in [-0.15, -0.1) is 0 Å². The first-order valence-corrected chi connectivity index (χ1v) is 10.2. The van der Waals surface area contributed by atoms with Crippen LogP contribution in [0.25, 0.3) is 0 Å². The van der Waals surface area contributed by atoms with Gasteiger partial charge in [-0.25, -0.2) is 13.6 Å². The SMILES string of the molecule is O=c1nc(OCc2cc(F)c(Oc3ccc(C(F)(F)F)cc3)c(F)c2)c2c3n1CCN3CCO2. The Balaban J connectivity index is 1.34. The van der Waals surface area contributed by atoms with E-state index in [1.807, 2.05) is 4.90 Å². The van der Waals surface area contributed by atoms with E-state index < -0.39 is 34.8 Å². The van der Waals surface area contributed by atoms with Crippen LogP contribution in [-0.4, -0.2) is 29.2 Å². The molecule has 3 heterocycles. The Morgan fingerprint density at radius 1 is 1.03 bits per heavy atom. The van der Waals surface area contributed by atoms with E-state index in [2.05, 4.69) is 4.98 Å². The van der Waals surface area contributed by atoms with Gasteiger partial charge in [-0.05, 0) is 42.0 Å². The summed E-state index contributed by atoms with van der Waals surface area (Å²) in [6.45, 7) is 1.80. The Morgan fingerprint density at radius 3 is 2.41 bits per heavy atom. The Kier molecular flexibility index (Phi) is 5.29. The summed E-state index contributed by atoms with van der Waals surface area (Å²) in [6.07, 6.45) is -4.54. The molecule has 7 nitrogen and oxygen atoms in total. The maximum Gasteiger partial charge on any atom is 0.416 e. The lowest BCUT2D eigenvalue weighted by Crippen LogP contribution is -2.32. The summed E-state index contributed by atoms with van der Waals surface area (Å²) in [5.74, 6) is -2.31. The molecule has 0 N–H and O–H groups in total. The van der Waals surface area contributed by atoms with Crippen LogP contribution in [-0.2, 0) is 19.3 Å². The molecule has 2 aliphatic rings. The Morgan fingerprint density at radius 2 is 1.74 bits per heavy atom. The smallest absolute Gasteiger partial charge is 0.416 e. The second-order valence-corrected chi connectivity index (χ2v) is 7.64. The first kappa shape index (κ1) is 22.0. The molecular weight excluding hydrogens is 465 g/mol. The van der Waals surface area contributed by atoms with Gasteiger partial charge in [-0.1, -0.05) is 0 Å². The molecule has 0 unspecified atom stereocenters. The van der Waals surface area contributed by atoms with E-state index >= 15 is 0 Å². The van der Waals surface area contributed by atoms with Gasteiger partial charge < -0.3 is 19.1 Å². The van der Waals surface area contributed by atoms with E-state index in [0.717, 1.165) is 36.4 Å². The van der Waals surface area contributed by atoms with Gasteiger partial charge in [0.15, 0.2) is 23.2 Å². The number of hydrogen-bond acceptors (Lipinski definition) is 6. The minimum Gasteiger partial charge on any atom is -0.483 e. The highest BCUT2D eigenvalue weighted by molar-refractivity contribution is 5.61. The highest BCUT2D eigenvalue weighted by Crippen LogP contribution is 2.40. The molecule has 0 spiro atoms. The van der Waals surface area contributed by atoms with Crippen LogP contribution in [0.15, 0.2) is 41.2 Å². The van der Waals surface area contributed by atoms with Crippen molar-refractivity contribution < 1.29 is 36.2 Å². The van der Waals surface area contributed by atoms with Crippen molar-refractivity contribution in [2.75, 3.05) is 24.6 Å². The van der Waals surface area contributed by atoms with Crippen LogP contribution in [0.5, 0.6) is 23.1 Å². The fraction of sp³-hybridized carbons (Fsp3) is 0.273. The van der Waals surface area contributed by atoms with Gasteiger partial charge in [0.2, 0.25) is 5.75 Å². The summed E-state index contributed by atoms with van der Waals surface area (Å²) in [5, 5.41) is 0. The van der Waals surface area contributed by atoms with Crippen molar-refractivity contribution in [2.45, 2.75) is 19.3 Å². The molecular formula is C22H16F5N3O4. The first-order valence-electron chi connectivity index (χ1n) is 10.2. The molecule has 0 atom stereocenters. The third-order valence-corrected chi connectivity index (χ3v) is 5.42. The standard InChI is InChI=1S/C22H16F5N3O4/c23-15-9-12(10-16(24)17(15)34-14-3-1-13(2-4-14)22(25,26)27)11-33-19-18-20-29(7-8-32-18)5-6-30(20)21(31)28-19/h1-4,9-10H,5-8,11H2. The number of anilines is 1. The molecule has 178 valence electrons.